The maximum Gasteiger partial charge on any atom is 0.310 e. The third-order valence-corrected chi connectivity index (χ3v) is 3.11. The average molecular weight is 256 g/mol. The molecule has 1 fully saturated rings. The van der Waals surface area contributed by atoms with Gasteiger partial charge in [0.15, 0.2) is 0 Å². The van der Waals surface area contributed by atoms with E-state index in [2.05, 4.69) is 9.97 Å². The fourth-order valence-electron chi connectivity index (χ4n) is 2.04. The van der Waals surface area contributed by atoms with Crippen molar-refractivity contribution in [2.24, 2.45) is 5.92 Å². The quantitative estimate of drug-likeness (QED) is 0.592. The van der Waals surface area contributed by atoms with Gasteiger partial charge in [-0.2, -0.15) is 0 Å². The van der Waals surface area contributed by atoms with E-state index in [1.807, 2.05) is 4.90 Å². The molecule has 0 spiro atoms. The minimum Gasteiger partial charge on any atom is -0.469 e. The zero-order chi connectivity index (χ0) is 12.3. The van der Waals surface area contributed by atoms with E-state index >= 15 is 0 Å². The van der Waals surface area contributed by atoms with E-state index in [0.29, 0.717) is 11.7 Å². The highest BCUT2D eigenvalue weighted by Gasteiger charge is 2.27. The summed E-state index contributed by atoms with van der Waals surface area (Å²) in [5, 5.41) is 0.412. The molecule has 0 unspecified atom stereocenters. The number of esters is 1. The number of piperidine rings is 1. The molecule has 6 heteroatoms. The van der Waals surface area contributed by atoms with Crippen LogP contribution in [0.3, 0.4) is 0 Å². The van der Waals surface area contributed by atoms with Crippen molar-refractivity contribution in [1.82, 2.24) is 9.97 Å². The van der Waals surface area contributed by atoms with E-state index < -0.39 is 0 Å². The minimum atomic E-state index is -0.158. The van der Waals surface area contributed by atoms with E-state index in [4.69, 9.17) is 16.3 Å². The van der Waals surface area contributed by atoms with Crippen LogP contribution in [0.5, 0.6) is 0 Å². The van der Waals surface area contributed by atoms with Crippen molar-refractivity contribution in [3.63, 3.8) is 0 Å². The number of methoxy groups -OCH3 is 1. The first-order chi connectivity index (χ1) is 8.20. The lowest BCUT2D eigenvalue weighted by molar-refractivity contribution is -0.145. The third-order valence-electron chi connectivity index (χ3n) is 2.90. The van der Waals surface area contributed by atoms with Crippen LogP contribution >= 0.6 is 11.6 Å². The molecule has 0 aliphatic carbocycles. The number of hydrogen-bond donors (Lipinski definition) is 0. The van der Waals surface area contributed by atoms with Gasteiger partial charge in [0.25, 0.3) is 0 Å². The fraction of sp³-hybridized carbons (Fsp3) is 0.545. The van der Waals surface area contributed by atoms with Crippen molar-refractivity contribution < 1.29 is 9.53 Å². The first-order valence-electron chi connectivity index (χ1n) is 5.51. The van der Waals surface area contributed by atoms with Gasteiger partial charge in [-0.05, 0) is 12.8 Å². The van der Waals surface area contributed by atoms with Gasteiger partial charge < -0.3 is 9.64 Å². The van der Waals surface area contributed by atoms with Crippen LogP contribution in [0.4, 0.5) is 5.82 Å². The van der Waals surface area contributed by atoms with Crippen molar-refractivity contribution in [3.8, 4) is 0 Å². The van der Waals surface area contributed by atoms with Crippen LogP contribution < -0.4 is 4.90 Å². The second-order valence-electron chi connectivity index (χ2n) is 4.01. The Morgan fingerprint density at radius 1 is 1.59 bits per heavy atom. The Morgan fingerprint density at radius 3 is 3.12 bits per heavy atom. The number of anilines is 1. The van der Waals surface area contributed by atoms with E-state index in [-0.39, 0.29) is 11.9 Å². The van der Waals surface area contributed by atoms with Crippen molar-refractivity contribution in [2.75, 3.05) is 25.1 Å². The van der Waals surface area contributed by atoms with Crippen LogP contribution in [0, 0.1) is 5.92 Å². The predicted octanol–water partition coefficient (Wildman–Crippen LogP) is 1.52. The molecular weight excluding hydrogens is 242 g/mol. The average Bonchev–Trinajstić information content (AvgIpc) is 2.38. The van der Waals surface area contributed by atoms with Crippen LogP contribution in [-0.2, 0) is 9.53 Å². The van der Waals surface area contributed by atoms with Crippen molar-refractivity contribution >= 4 is 23.4 Å². The van der Waals surface area contributed by atoms with E-state index in [1.165, 1.54) is 13.4 Å². The highest BCUT2D eigenvalue weighted by atomic mass is 35.5. The summed E-state index contributed by atoms with van der Waals surface area (Å²) in [6, 6.07) is 1.71. The highest BCUT2D eigenvalue weighted by Crippen LogP contribution is 2.23. The largest absolute Gasteiger partial charge is 0.469 e. The Labute approximate surface area is 105 Å². The van der Waals surface area contributed by atoms with E-state index in [1.54, 1.807) is 6.07 Å². The molecule has 1 aromatic rings. The summed E-state index contributed by atoms with van der Waals surface area (Å²) in [5.74, 6) is 0.524. The number of halogens is 1. The summed E-state index contributed by atoms with van der Waals surface area (Å²) in [5.41, 5.74) is 0. The number of ether oxygens (including phenoxy) is 1. The smallest absolute Gasteiger partial charge is 0.310 e. The maximum absolute atomic E-state index is 11.5. The summed E-state index contributed by atoms with van der Waals surface area (Å²) in [7, 11) is 1.42. The molecule has 1 saturated heterocycles. The molecule has 0 N–H and O–H groups in total. The molecule has 1 aliphatic heterocycles. The van der Waals surface area contributed by atoms with Gasteiger partial charge in [0, 0.05) is 19.2 Å². The molecule has 17 heavy (non-hydrogen) atoms. The van der Waals surface area contributed by atoms with E-state index in [0.717, 1.165) is 25.2 Å². The second kappa shape index (κ2) is 5.31. The fourth-order valence-corrected chi connectivity index (χ4v) is 2.18. The topological polar surface area (TPSA) is 55.3 Å². The molecule has 0 amide bonds. The summed E-state index contributed by atoms with van der Waals surface area (Å²) in [4.78, 5) is 21.5. The molecule has 1 aromatic heterocycles. The van der Waals surface area contributed by atoms with Crippen molar-refractivity contribution in [3.05, 3.63) is 17.5 Å². The first-order valence-corrected chi connectivity index (χ1v) is 5.89. The van der Waals surface area contributed by atoms with Gasteiger partial charge >= 0.3 is 5.97 Å². The van der Waals surface area contributed by atoms with Crippen molar-refractivity contribution in [1.29, 1.82) is 0 Å². The minimum absolute atomic E-state index is 0.0810. The predicted molar refractivity (Wildman–Crippen MR) is 64.0 cm³/mol. The monoisotopic (exact) mass is 255 g/mol. The zero-order valence-electron chi connectivity index (χ0n) is 9.60. The highest BCUT2D eigenvalue weighted by molar-refractivity contribution is 6.29. The Hall–Kier alpha value is -1.36. The lowest BCUT2D eigenvalue weighted by atomic mass is 9.98. The molecule has 0 bridgehead atoms. The molecule has 1 aliphatic rings. The molecular formula is C11H14ClN3O2. The van der Waals surface area contributed by atoms with Crippen LogP contribution in [0.15, 0.2) is 12.4 Å². The summed E-state index contributed by atoms with van der Waals surface area (Å²) < 4.78 is 4.77. The third kappa shape index (κ3) is 2.85. The molecule has 1 atom stereocenters. The summed E-state index contributed by atoms with van der Waals surface area (Å²) in [6.45, 7) is 1.50. The van der Waals surface area contributed by atoms with Gasteiger partial charge in [-0.3, -0.25) is 4.79 Å². The molecule has 92 valence electrons. The second-order valence-corrected chi connectivity index (χ2v) is 4.39. The maximum atomic E-state index is 11.5. The summed E-state index contributed by atoms with van der Waals surface area (Å²) in [6.07, 6.45) is 3.24. The normalized spacial score (nSPS) is 20.1. The molecule has 5 nitrogen and oxygen atoms in total. The molecule has 0 saturated carbocycles. The number of rotatable bonds is 2. The number of aromatic nitrogens is 2. The summed E-state index contributed by atoms with van der Waals surface area (Å²) >= 11 is 5.82. The van der Waals surface area contributed by atoms with Gasteiger partial charge in [0.2, 0.25) is 0 Å². The zero-order valence-corrected chi connectivity index (χ0v) is 10.4. The Morgan fingerprint density at radius 2 is 2.41 bits per heavy atom. The SMILES string of the molecule is COC(=O)[C@H]1CCCN(c2cc(Cl)ncn2)C1. The van der Waals surface area contributed by atoms with Crippen LogP contribution in [0.2, 0.25) is 5.15 Å². The van der Waals surface area contributed by atoms with E-state index in [9.17, 15) is 4.79 Å². The standard InChI is InChI=1S/C11H14ClN3O2/c1-17-11(16)8-3-2-4-15(6-8)10-5-9(12)13-7-14-10/h5,7-8H,2-4,6H2,1H3/t8-/m0/s1. The Balaban J connectivity index is 2.09. The number of carbonyl (C=O) groups is 1. The molecule has 2 rings (SSSR count). The molecule has 0 radical (unpaired) electrons. The lowest BCUT2D eigenvalue weighted by Gasteiger charge is -2.32. The van der Waals surface area contributed by atoms with Crippen LogP contribution in [0.25, 0.3) is 0 Å². The van der Waals surface area contributed by atoms with Crippen LogP contribution in [0.1, 0.15) is 12.8 Å². The Bertz CT molecular complexity index is 413. The van der Waals surface area contributed by atoms with Crippen LogP contribution in [-0.4, -0.2) is 36.1 Å². The first kappa shape index (κ1) is 12.1. The number of nitrogens with zero attached hydrogens (tertiary/aromatic N) is 3. The van der Waals surface area contributed by atoms with Crippen molar-refractivity contribution in [2.45, 2.75) is 12.8 Å². The number of carbonyl (C=O) groups excluding carboxylic acids is 1. The van der Waals surface area contributed by atoms with Gasteiger partial charge in [0.05, 0.1) is 13.0 Å². The van der Waals surface area contributed by atoms with Gasteiger partial charge in [-0.1, -0.05) is 11.6 Å². The van der Waals surface area contributed by atoms with Gasteiger partial charge in [-0.25, -0.2) is 9.97 Å². The van der Waals surface area contributed by atoms with Gasteiger partial charge in [-0.15, -0.1) is 0 Å². The molecule has 2 heterocycles. The Kier molecular flexibility index (Phi) is 3.78. The molecule has 0 aromatic carbocycles. The van der Waals surface area contributed by atoms with Gasteiger partial charge in [0.1, 0.15) is 17.3 Å². The number of hydrogen-bond acceptors (Lipinski definition) is 5. The lowest BCUT2D eigenvalue weighted by Crippen LogP contribution is -2.39.